The highest BCUT2D eigenvalue weighted by molar-refractivity contribution is 5.77. The quantitative estimate of drug-likeness (QED) is 0.849. The van der Waals surface area contributed by atoms with E-state index in [1.54, 1.807) is 13.2 Å². The molecule has 0 amide bonds. The molecule has 0 bridgehead atoms. The number of fused-ring (bicyclic) bond motifs is 1. The van der Waals surface area contributed by atoms with Gasteiger partial charge >= 0.3 is 0 Å². The first-order valence-electron chi connectivity index (χ1n) is 6.78. The SMILES string of the molecule is COc1ccc(Nc2cc3c(cc2N)OCCO3)c(C)c1. The minimum Gasteiger partial charge on any atom is -0.497 e. The molecule has 3 rings (SSSR count). The van der Waals surface area contributed by atoms with Crippen LogP contribution in [0.1, 0.15) is 5.56 Å². The topological polar surface area (TPSA) is 65.7 Å². The van der Waals surface area contributed by atoms with Crippen LogP contribution in [-0.4, -0.2) is 20.3 Å². The van der Waals surface area contributed by atoms with E-state index in [0.717, 1.165) is 22.7 Å². The number of rotatable bonds is 3. The summed E-state index contributed by atoms with van der Waals surface area (Å²) in [5.41, 5.74) is 9.54. The Morgan fingerprint density at radius 1 is 1.05 bits per heavy atom. The molecule has 0 fully saturated rings. The molecular weight excluding hydrogens is 268 g/mol. The van der Waals surface area contributed by atoms with Gasteiger partial charge in [0.05, 0.1) is 18.5 Å². The maximum absolute atomic E-state index is 6.08. The molecule has 5 nitrogen and oxygen atoms in total. The second kappa shape index (κ2) is 5.44. The first kappa shape index (κ1) is 13.4. The lowest BCUT2D eigenvalue weighted by atomic mass is 10.1. The predicted molar refractivity (Wildman–Crippen MR) is 82.9 cm³/mol. The van der Waals surface area contributed by atoms with Crippen LogP contribution in [0.5, 0.6) is 17.2 Å². The van der Waals surface area contributed by atoms with Crippen LogP contribution < -0.4 is 25.3 Å². The second-order valence-electron chi connectivity index (χ2n) is 4.89. The van der Waals surface area contributed by atoms with E-state index < -0.39 is 0 Å². The zero-order chi connectivity index (χ0) is 14.8. The number of nitrogens with two attached hydrogens (primary N) is 1. The molecule has 21 heavy (non-hydrogen) atoms. The molecule has 0 aliphatic carbocycles. The molecule has 1 heterocycles. The Hall–Kier alpha value is -2.56. The van der Waals surface area contributed by atoms with Gasteiger partial charge in [-0.3, -0.25) is 0 Å². The van der Waals surface area contributed by atoms with Crippen molar-refractivity contribution < 1.29 is 14.2 Å². The molecule has 0 unspecified atom stereocenters. The van der Waals surface area contributed by atoms with Gasteiger partial charge < -0.3 is 25.3 Å². The summed E-state index contributed by atoms with van der Waals surface area (Å²) in [5, 5.41) is 3.33. The predicted octanol–water partition coefficient (Wildman–Crippen LogP) is 3.10. The molecule has 2 aromatic rings. The van der Waals surface area contributed by atoms with E-state index in [1.165, 1.54) is 0 Å². The minimum atomic E-state index is 0.552. The van der Waals surface area contributed by atoms with Crippen LogP contribution in [0.15, 0.2) is 30.3 Å². The highest BCUT2D eigenvalue weighted by atomic mass is 16.6. The Morgan fingerprint density at radius 2 is 1.76 bits per heavy atom. The normalized spacial score (nSPS) is 12.9. The van der Waals surface area contributed by atoms with Crippen LogP contribution in [0.2, 0.25) is 0 Å². The van der Waals surface area contributed by atoms with Gasteiger partial charge in [-0.05, 0) is 30.7 Å². The molecule has 110 valence electrons. The maximum atomic E-state index is 6.08. The molecule has 0 spiro atoms. The summed E-state index contributed by atoms with van der Waals surface area (Å²) in [5.74, 6) is 2.23. The second-order valence-corrected chi connectivity index (χ2v) is 4.89. The van der Waals surface area contributed by atoms with E-state index >= 15 is 0 Å². The van der Waals surface area contributed by atoms with Gasteiger partial charge in [0.1, 0.15) is 19.0 Å². The van der Waals surface area contributed by atoms with Gasteiger partial charge in [-0.1, -0.05) is 0 Å². The lowest BCUT2D eigenvalue weighted by Crippen LogP contribution is -2.15. The van der Waals surface area contributed by atoms with E-state index in [1.807, 2.05) is 31.2 Å². The van der Waals surface area contributed by atoms with E-state index in [0.29, 0.717) is 30.4 Å². The lowest BCUT2D eigenvalue weighted by molar-refractivity contribution is 0.172. The zero-order valence-corrected chi connectivity index (χ0v) is 12.1. The van der Waals surface area contributed by atoms with E-state index in [4.69, 9.17) is 19.9 Å². The third-order valence-electron chi connectivity index (χ3n) is 3.42. The minimum absolute atomic E-state index is 0.552. The summed E-state index contributed by atoms with van der Waals surface area (Å²) < 4.78 is 16.3. The van der Waals surface area contributed by atoms with Gasteiger partial charge in [0.2, 0.25) is 0 Å². The van der Waals surface area contributed by atoms with Crippen molar-refractivity contribution in [2.75, 3.05) is 31.4 Å². The van der Waals surface area contributed by atoms with Crippen LogP contribution in [0.4, 0.5) is 17.1 Å². The number of benzene rings is 2. The highest BCUT2D eigenvalue weighted by Gasteiger charge is 2.15. The van der Waals surface area contributed by atoms with Gasteiger partial charge in [-0.2, -0.15) is 0 Å². The van der Waals surface area contributed by atoms with Gasteiger partial charge in [-0.15, -0.1) is 0 Å². The first-order chi connectivity index (χ1) is 10.2. The van der Waals surface area contributed by atoms with Crippen molar-refractivity contribution >= 4 is 17.1 Å². The fourth-order valence-corrected chi connectivity index (χ4v) is 2.26. The van der Waals surface area contributed by atoms with Crippen LogP contribution in [0, 0.1) is 6.92 Å². The van der Waals surface area contributed by atoms with Crippen molar-refractivity contribution in [1.29, 1.82) is 0 Å². The Kier molecular flexibility index (Phi) is 3.48. The fraction of sp³-hybridized carbons (Fsp3) is 0.250. The van der Waals surface area contributed by atoms with Gasteiger partial charge in [0.15, 0.2) is 11.5 Å². The molecular formula is C16H18N2O3. The van der Waals surface area contributed by atoms with Gasteiger partial charge in [0, 0.05) is 17.8 Å². The highest BCUT2D eigenvalue weighted by Crippen LogP contribution is 2.38. The van der Waals surface area contributed by atoms with E-state index in [9.17, 15) is 0 Å². The number of anilines is 3. The number of nitrogens with one attached hydrogen (secondary N) is 1. The van der Waals surface area contributed by atoms with Crippen molar-refractivity contribution in [2.24, 2.45) is 0 Å². The third-order valence-corrected chi connectivity index (χ3v) is 3.42. The van der Waals surface area contributed by atoms with E-state index in [2.05, 4.69) is 5.32 Å². The third kappa shape index (κ3) is 2.67. The van der Waals surface area contributed by atoms with Crippen LogP contribution in [-0.2, 0) is 0 Å². The van der Waals surface area contributed by atoms with Crippen molar-refractivity contribution in [2.45, 2.75) is 6.92 Å². The molecule has 5 heteroatoms. The molecule has 1 aliphatic heterocycles. The average Bonchev–Trinajstić information content (AvgIpc) is 2.49. The molecule has 3 N–H and O–H groups in total. The number of hydrogen-bond acceptors (Lipinski definition) is 5. The largest absolute Gasteiger partial charge is 0.497 e. The maximum Gasteiger partial charge on any atom is 0.163 e. The zero-order valence-electron chi connectivity index (χ0n) is 12.1. The average molecular weight is 286 g/mol. The fourth-order valence-electron chi connectivity index (χ4n) is 2.26. The van der Waals surface area contributed by atoms with Crippen molar-refractivity contribution in [3.63, 3.8) is 0 Å². The summed E-state index contributed by atoms with van der Waals surface area (Å²) >= 11 is 0. The van der Waals surface area contributed by atoms with E-state index in [-0.39, 0.29) is 0 Å². The molecule has 2 aromatic carbocycles. The number of nitrogen functional groups attached to an aromatic ring is 1. The summed E-state index contributed by atoms with van der Waals surface area (Å²) in [7, 11) is 1.65. The Morgan fingerprint density at radius 3 is 2.43 bits per heavy atom. The number of hydrogen-bond donors (Lipinski definition) is 2. The Balaban J connectivity index is 1.91. The molecule has 0 saturated heterocycles. The monoisotopic (exact) mass is 286 g/mol. The summed E-state index contributed by atoms with van der Waals surface area (Å²) in [6.45, 7) is 3.12. The van der Waals surface area contributed by atoms with Crippen molar-refractivity contribution in [3.8, 4) is 17.2 Å². The van der Waals surface area contributed by atoms with Gasteiger partial charge in [-0.25, -0.2) is 0 Å². The van der Waals surface area contributed by atoms with Crippen molar-refractivity contribution in [3.05, 3.63) is 35.9 Å². The smallest absolute Gasteiger partial charge is 0.163 e. The summed E-state index contributed by atoms with van der Waals surface area (Å²) in [6, 6.07) is 9.49. The number of methoxy groups -OCH3 is 1. The molecule has 0 saturated carbocycles. The molecule has 0 atom stereocenters. The van der Waals surface area contributed by atoms with Crippen LogP contribution in [0.3, 0.4) is 0 Å². The lowest BCUT2D eigenvalue weighted by Gasteiger charge is -2.21. The Labute approximate surface area is 123 Å². The van der Waals surface area contributed by atoms with Gasteiger partial charge in [0.25, 0.3) is 0 Å². The number of aryl methyl sites for hydroxylation is 1. The molecule has 0 aromatic heterocycles. The standard InChI is InChI=1S/C16H18N2O3/c1-10-7-11(19-2)3-4-13(10)18-14-9-16-15(8-12(14)17)20-5-6-21-16/h3-4,7-9,18H,5-6,17H2,1-2H3. The number of ether oxygens (including phenoxy) is 3. The first-order valence-corrected chi connectivity index (χ1v) is 6.78. The molecule has 1 aliphatic rings. The Bertz CT molecular complexity index is 671. The van der Waals surface area contributed by atoms with Crippen molar-refractivity contribution in [1.82, 2.24) is 0 Å². The van der Waals surface area contributed by atoms with Crippen LogP contribution in [0.25, 0.3) is 0 Å². The van der Waals surface area contributed by atoms with Crippen LogP contribution >= 0.6 is 0 Å². The summed E-state index contributed by atoms with van der Waals surface area (Å²) in [4.78, 5) is 0. The summed E-state index contributed by atoms with van der Waals surface area (Å²) in [6.07, 6.45) is 0. The molecule has 0 radical (unpaired) electrons.